The highest BCUT2D eigenvalue weighted by Gasteiger charge is 2.22. The zero-order chi connectivity index (χ0) is 26.7. The van der Waals surface area contributed by atoms with Gasteiger partial charge < -0.3 is 14.5 Å². The van der Waals surface area contributed by atoms with Crippen LogP contribution in [0.2, 0.25) is 5.02 Å². The predicted octanol–water partition coefficient (Wildman–Crippen LogP) is 6.47. The molecule has 0 radical (unpaired) electrons. The molecule has 2 rings (SSSR count). The van der Waals surface area contributed by atoms with Gasteiger partial charge in [-0.3, -0.25) is 4.79 Å². The molecule has 0 aromatic heterocycles. The normalized spacial score (nSPS) is 17.9. The second kappa shape index (κ2) is 14.8. The fourth-order valence-electron chi connectivity index (χ4n) is 4.16. The van der Waals surface area contributed by atoms with E-state index in [0.29, 0.717) is 59.8 Å². The lowest BCUT2D eigenvalue weighted by molar-refractivity contribution is -0.137. The molecule has 198 valence electrons. The maximum absolute atomic E-state index is 13.0. The SMILES string of the molecule is Cc1cc(C)c2c(c1Cl)CC(=N\OCC(=O)N(CC(C)C)CC(C)C)/C=C/CC/C=C/CCOC2=O. The third-order valence-corrected chi connectivity index (χ3v) is 6.22. The lowest BCUT2D eigenvalue weighted by atomic mass is 9.94. The molecular weight excluding hydrogens is 476 g/mol. The number of carbonyl (C=O) groups excluding carboxylic acids is 2. The Kier molecular flexibility index (Phi) is 12.2. The van der Waals surface area contributed by atoms with Gasteiger partial charge in [-0.1, -0.05) is 68.7 Å². The lowest BCUT2D eigenvalue weighted by Gasteiger charge is -2.25. The first-order chi connectivity index (χ1) is 17.1. The van der Waals surface area contributed by atoms with Crippen LogP contribution in [0.5, 0.6) is 0 Å². The molecular formula is C29H41ClN2O4. The van der Waals surface area contributed by atoms with Crippen LogP contribution in [0.4, 0.5) is 0 Å². The summed E-state index contributed by atoms with van der Waals surface area (Å²) in [4.78, 5) is 33.2. The number of allylic oxidation sites excluding steroid dienone is 3. The van der Waals surface area contributed by atoms with Crippen LogP contribution in [0.15, 0.2) is 35.5 Å². The Bertz CT molecular complexity index is 985. The average Bonchev–Trinajstić information content (AvgIpc) is 2.79. The van der Waals surface area contributed by atoms with Crippen LogP contribution >= 0.6 is 11.6 Å². The molecule has 0 fully saturated rings. The lowest BCUT2D eigenvalue weighted by Crippen LogP contribution is -2.39. The highest BCUT2D eigenvalue weighted by Crippen LogP contribution is 2.29. The summed E-state index contributed by atoms with van der Waals surface area (Å²) in [6, 6.07) is 1.89. The Morgan fingerprint density at radius 3 is 2.36 bits per heavy atom. The van der Waals surface area contributed by atoms with E-state index in [1.165, 1.54) is 0 Å². The van der Waals surface area contributed by atoms with Crippen molar-refractivity contribution in [1.82, 2.24) is 4.90 Å². The summed E-state index contributed by atoms with van der Waals surface area (Å²) >= 11 is 6.69. The molecule has 1 aromatic carbocycles. The minimum Gasteiger partial charge on any atom is -0.462 e. The van der Waals surface area contributed by atoms with Crippen molar-refractivity contribution in [3.05, 3.63) is 57.6 Å². The van der Waals surface area contributed by atoms with Gasteiger partial charge in [0.2, 0.25) is 0 Å². The number of nitrogens with zero attached hydrogens (tertiary/aromatic N) is 2. The van der Waals surface area contributed by atoms with Gasteiger partial charge in [-0.15, -0.1) is 0 Å². The number of cyclic esters (lactones) is 1. The van der Waals surface area contributed by atoms with E-state index in [9.17, 15) is 9.59 Å². The molecule has 0 unspecified atom stereocenters. The number of halogens is 1. The van der Waals surface area contributed by atoms with Gasteiger partial charge >= 0.3 is 5.97 Å². The van der Waals surface area contributed by atoms with E-state index in [2.05, 4.69) is 38.9 Å². The van der Waals surface area contributed by atoms with Gasteiger partial charge in [0.25, 0.3) is 5.91 Å². The number of oxime groups is 1. The van der Waals surface area contributed by atoms with Crippen molar-refractivity contribution < 1.29 is 19.2 Å². The Hall–Kier alpha value is -2.60. The number of ether oxygens (including phenoxy) is 1. The first kappa shape index (κ1) is 29.6. The molecule has 1 heterocycles. The van der Waals surface area contributed by atoms with Crippen LogP contribution in [-0.2, 0) is 20.8 Å². The van der Waals surface area contributed by atoms with Crippen LogP contribution in [0.25, 0.3) is 0 Å². The molecule has 7 heteroatoms. The Labute approximate surface area is 221 Å². The molecule has 6 nitrogen and oxygen atoms in total. The Morgan fingerprint density at radius 2 is 1.69 bits per heavy atom. The fourth-order valence-corrected chi connectivity index (χ4v) is 4.38. The Balaban J connectivity index is 2.34. The molecule has 1 aromatic rings. The zero-order valence-electron chi connectivity index (χ0n) is 22.6. The summed E-state index contributed by atoms with van der Waals surface area (Å²) in [6.07, 6.45) is 10.7. The number of benzene rings is 1. The van der Waals surface area contributed by atoms with Gasteiger partial charge in [0.1, 0.15) is 0 Å². The van der Waals surface area contributed by atoms with E-state index >= 15 is 0 Å². The van der Waals surface area contributed by atoms with E-state index in [4.69, 9.17) is 21.2 Å². The van der Waals surface area contributed by atoms with Gasteiger partial charge in [-0.05, 0) is 67.7 Å². The minimum absolute atomic E-state index is 0.0922. The minimum atomic E-state index is -0.396. The molecule has 0 saturated heterocycles. The van der Waals surface area contributed by atoms with E-state index < -0.39 is 5.97 Å². The summed E-state index contributed by atoms with van der Waals surface area (Å²) in [7, 11) is 0. The molecule has 1 aliphatic rings. The van der Waals surface area contributed by atoms with Crippen LogP contribution in [0.3, 0.4) is 0 Å². The number of esters is 1. The van der Waals surface area contributed by atoms with Gasteiger partial charge in [-0.2, -0.15) is 0 Å². The van der Waals surface area contributed by atoms with Crippen molar-refractivity contribution in [2.75, 3.05) is 26.3 Å². The summed E-state index contributed by atoms with van der Waals surface area (Å²) < 4.78 is 5.54. The summed E-state index contributed by atoms with van der Waals surface area (Å²) in [5.74, 6) is 0.235. The van der Waals surface area contributed by atoms with Crippen molar-refractivity contribution in [3.63, 3.8) is 0 Å². The Morgan fingerprint density at radius 1 is 1.06 bits per heavy atom. The number of aryl methyl sites for hydroxylation is 2. The monoisotopic (exact) mass is 516 g/mol. The second-order valence-corrected chi connectivity index (χ2v) is 10.6. The third-order valence-electron chi connectivity index (χ3n) is 5.69. The largest absolute Gasteiger partial charge is 0.462 e. The summed E-state index contributed by atoms with van der Waals surface area (Å²) in [5, 5.41) is 4.82. The number of carbonyl (C=O) groups is 2. The summed E-state index contributed by atoms with van der Waals surface area (Å²) in [5.41, 5.74) is 3.39. The van der Waals surface area contributed by atoms with Crippen LogP contribution < -0.4 is 0 Å². The number of rotatable bonds is 7. The van der Waals surface area contributed by atoms with Gasteiger partial charge in [0, 0.05) is 24.5 Å². The fraction of sp³-hybridized carbons (Fsp3) is 0.552. The smallest absolute Gasteiger partial charge is 0.338 e. The molecule has 0 atom stereocenters. The number of amides is 1. The van der Waals surface area contributed by atoms with Crippen LogP contribution in [-0.4, -0.2) is 48.8 Å². The molecule has 0 saturated carbocycles. The van der Waals surface area contributed by atoms with Crippen LogP contribution in [0, 0.1) is 25.7 Å². The van der Waals surface area contributed by atoms with Gasteiger partial charge in [0.15, 0.2) is 6.61 Å². The molecule has 1 aliphatic heterocycles. The molecule has 36 heavy (non-hydrogen) atoms. The maximum Gasteiger partial charge on any atom is 0.338 e. The first-order valence-corrected chi connectivity index (χ1v) is 13.2. The van der Waals surface area contributed by atoms with Crippen LogP contribution in [0.1, 0.15) is 74.0 Å². The second-order valence-electron chi connectivity index (χ2n) is 10.2. The zero-order valence-corrected chi connectivity index (χ0v) is 23.4. The van der Waals surface area contributed by atoms with Crippen molar-refractivity contribution in [3.8, 4) is 0 Å². The predicted molar refractivity (Wildman–Crippen MR) is 147 cm³/mol. The van der Waals surface area contributed by atoms with E-state index in [1.54, 1.807) is 0 Å². The van der Waals surface area contributed by atoms with E-state index in [1.807, 2.05) is 43.0 Å². The number of fused-ring (bicyclic) bond motifs is 1. The molecule has 0 N–H and O–H groups in total. The highest BCUT2D eigenvalue weighted by atomic mass is 35.5. The summed E-state index contributed by atoms with van der Waals surface area (Å²) in [6.45, 7) is 13.7. The van der Waals surface area contributed by atoms with Crippen molar-refractivity contribution in [1.29, 1.82) is 0 Å². The molecule has 0 spiro atoms. The third kappa shape index (κ3) is 9.45. The van der Waals surface area contributed by atoms with Crippen molar-refractivity contribution >= 4 is 29.2 Å². The topological polar surface area (TPSA) is 68.2 Å². The van der Waals surface area contributed by atoms with E-state index in [-0.39, 0.29) is 18.9 Å². The van der Waals surface area contributed by atoms with E-state index in [0.717, 1.165) is 24.0 Å². The first-order valence-electron chi connectivity index (χ1n) is 12.8. The van der Waals surface area contributed by atoms with Gasteiger partial charge in [-0.25, -0.2) is 4.79 Å². The molecule has 1 amide bonds. The maximum atomic E-state index is 13.0. The molecule has 0 aliphatic carbocycles. The molecule has 0 bridgehead atoms. The van der Waals surface area contributed by atoms with Crippen molar-refractivity contribution in [2.24, 2.45) is 17.0 Å². The van der Waals surface area contributed by atoms with Gasteiger partial charge in [0.05, 0.1) is 17.9 Å². The highest BCUT2D eigenvalue weighted by molar-refractivity contribution is 6.33. The number of hydrogen-bond acceptors (Lipinski definition) is 5. The quantitative estimate of drug-likeness (QED) is 0.237. The standard InChI is InChI=1S/C29H41ClN2O4/c1-20(2)17-32(18-21(3)4)26(33)19-36-31-24-13-11-9-7-8-10-12-14-35-29(34)27-22(5)15-23(6)28(30)25(27)16-24/h8,10-11,13,15,20-21H,7,9,12,14,16-19H2,1-6H3/b10-8+,13-11+,31-24-. The number of hydrogen-bond donors (Lipinski definition) is 0. The van der Waals surface area contributed by atoms with Crippen molar-refractivity contribution in [2.45, 2.75) is 67.2 Å². The average molecular weight is 517 g/mol.